The van der Waals surface area contributed by atoms with Crippen molar-refractivity contribution in [3.05, 3.63) is 46.6 Å². The topological polar surface area (TPSA) is 41.0 Å². The number of halogens is 3. The summed E-state index contributed by atoms with van der Waals surface area (Å²) < 4.78 is 13.2. The third-order valence-electron chi connectivity index (χ3n) is 3.41. The molecule has 4 nitrogen and oxygen atoms in total. The number of hydrogen-bond acceptors (Lipinski definition) is 4. The Morgan fingerprint density at radius 1 is 1.29 bits per heavy atom. The normalized spacial score (nSPS) is 18.0. The van der Waals surface area contributed by atoms with Gasteiger partial charge in [-0.3, -0.25) is 4.98 Å². The maximum atomic E-state index is 13.2. The van der Waals surface area contributed by atoms with Gasteiger partial charge in [0.25, 0.3) is 0 Å². The van der Waals surface area contributed by atoms with E-state index in [2.05, 4.69) is 20.2 Å². The molecule has 21 heavy (non-hydrogen) atoms. The summed E-state index contributed by atoms with van der Waals surface area (Å²) in [6.45, 7) is 1.66. The van der Waals surface area contributed by atoms with Gasteiger partial charge < -0.3 is 10.2 Å². The van der Waals surface area contributed by atoms with Crippen molar-refractivity contribution in [1.29, 1.82) is 0 Å². The minimum absolute atomic E-state index is 0.143. The van der Waals surface area contributed by atoms with Crippen molar-refractivity contribution in [3.8, 4) is 0 Å². The first-order chi connectivity index (χ1) is 10.1. The van der Waals surface area contributed by atoms with Crippen molar-refractivity contribution < 1.29 is 4.39 Å². The van der Waals surface area contributed by atoms with Gasteiger partial charge in [0.1, 0.15) is 16.8 Å². The van der Waals surface area contributed by atoms with Crippen molar-refractivity contribution in [2.45, 2.75) is 12.5 Å². The molecule has 1 aliphatic heterocycles. The van der Waals surface area contributed by atoms with Crippen LogP contribution in [0.3, 0.4) is 0 Å². The van der Waals surface area contributed by atoms with Gasteiger partial charge in [0.2, 0.25) is 0 Å². The molecule has 3 rings (SSSR count). The Kier molecular flexibility index (Phi) is 4.12. The summed E-state index contributed by atoms with van der Waals surface area (Å²) in [4.78, 5) is 10.3. The molecule has 0 amide bonds. The highest BCUT2D eigenvalue weighted by molar-refractivity contribution is 6.31. The SMILES string of the molecule is Fc1ccc(N2CCC(Nc3cncc(Cl)n3)C2)cc1Cl. The van der Waals surface area contributed by atoms with E-state index in [0.29, 0.717) is 11.0 Å². The fourth-order valence-corrected chi connectivity index (χ4v) is 2.74. The van der Waals surface area contributed by atoms with Gasteiger partial charge in [0.15, 0.2) is 0 Å². The summed E-state index contributed by atoms with van der Waals surface area (Å²) in [7, 11) is 0. The molecule has 1 fully saturated rings. The molecule has 0 aliphatic carbocycles. The van der Waals surface area contributed by atoms with Crippen molar-refractivity contribution in [3.63, 3.8) is 0 Å². The van der Waals surface area contributed by atoms with Crippen LogP contribution in [0.2, 0.25) is 10.2 Å². The van der Waals surface area contributed by atoms with Crippen molar-refractivity contribution in [1.82, 2.24) is 9.97 Å². The van der Waals surface area contributed by atoms with Crippen LogP contribution in [0.1, 0.15) is 6.42 Å². The number of aromatic nitrogens is 2. The first-order valence-corrected chi connectivity index (χ1v) is 7.31. The molecule has 1 N–H and O–H groups in total. The highest BCUT2D eigenvalue weighted by Gasteiger charge is 2.23. The summed E-state index contributed by atoms with van der Waals surface area (Å²) in [5, 5.41) is 3.81. The molecule has 2 aromatic rings. The quantitative estimate of drug-likeness (QED) is 0.935. The Morgan fingerprint density at radius 3 is 2.90 bits per heavy atom. The second-order valence-corrected chi connectivity index (χ2v) is 5.70. The lowest BCUT2D eigenvalue weighted by Crippen LogP contribution is -2.26. The van der Waals surface area contributed by atoms with Crippen LogP contribution in [-0.2, 0) is 0 Å². The molecule has 1 aliphatic rings. The maximum Gasteiger partial charge on any atom is 0.149 e. The average molecular weight is 327 g/mol. The first-order valence-electron chi connectivity index (χ1n) is 6.56. The molecular weight excluding hydrogens is 314 g/mol. The Labute approximate surface area is 131 Å². The standard InChI is InChI=1S/C14H13Cl2FN4/c15-11-5-10(1-2-12(11)17)21-4-3-9(8-21)19-14-7-18-6-13(16)20-14/h1-2,5-7,9H,3-4,8H2,(H,19,20). The van der Waals surface area contributed by atoms with E-state index in [9.17, 15) is 4.39 Å². The molecule has 0 saturated carbocycles. The molecule has 1 atom stereocenters. The summed E-state index contributed by atoms with van der Waals surface area (Å²) >= 11 is 11.6. The second kappa shape index (κ2) is 6.03. The monoisotopic (exact) mass is 326 g/mol. The molecule has 0 radical (unpaired) electrons. The van der Waals surface area contributed by atoms with Gasteiger partial charge >= 0.3 is 0 Å². The summed E-state index contributed by atoms with van der Waals surface area (Å²) in [6.07, 6.45) is 4.08. The van der Waals surface area contributed by atoms with Crippen LogP contribution in [-0.4, -0.2) is 29.1 Å². The van der Waals surface area contributed by atoms with Crippen LogP contribution >= 0.6 is 23.2 Å². The minimum atomic E-state index is -0.400. The second-order valence-electron chi connectivity index (χ2n) is 4.90. The number of nitrogens with one attached hydrogen (secondary N) is 1. The molecule has 0 spiro atoms. The van der Waals surface area contributed by atoms with Crippen LogP contribution < -0.4 is 10.2 Å². The van der Waals surface area contributed by atoms with Gasteiger partial charge in [-0.05, 0) is 24.6 Å². The highest BCUT2D eigenvalue weighted by atomic mass is 35.5. The van der Waals surface area contributed by atoms with Gasteiger partial charge in [-0.2, -0.15) is 0 Å². The number of anilines is 2. The zero-order valence-electron chi connectivity index (χ0n) is 11.1. The van der Waals surface area contributed by atoms with E-state index in [4.69, 9.17) is 23.2 Å². The van der Waals surface area contributed by atoms with Crippen LogP contribution in [0, 0.1) is 5.82 Å². The summed E-state index contributed by atoms with van der Waals surface area (Å²) in [5.41, 5.74) is 0.919. The first kappa shape index (κ1) is 14.4. The van der Waals surface area contributed by atoms with Crippen LogP contribution in [0.15, 0.2) is 30.6 Å². The molecule has 1 unspecified atom stereocenters. The van der Waals surface area contributed by atoms with Crippen LogP contribution in [0.5, 0.6) is 0 Å². The van der Waals surface area contributed by atoms with E-state index >= 15 is 0 Å². The molecule has 1 saturated heterocycles. The smallest absolute Gasteiger partial charge is 0.149 e. The molecule has 1 aromatic carbocycles. The van der Waals surface area contributed by atoms with E-state index in [0.717, 1.165) is 25.2 Å². The third-order valence-corrected chi connectivity index (χ3v) is 3.89. The van der Waals surface area contributed by atoms with Crippen LogP contribution in [0.4, 0.5) is 15.9 Å². The lowest BCUT2D eigenvalue weighted by Gasteiger charge is -2.19. The number of rotatable bonds is 3. The summed E-state index contributed by atoms with van der Waals surface area (Å²) in [5.74, 6) is 0.259. The van der Waals surface area contributed by atoms with E-state index in [1.165, 1.54) is 12.3 Å². The maximum absolute atomic E-state index is 13.2. The Morgan fingerprint density at radius 2 is 2.14 bits per heavy atom. The lowest BCUT2D eigenvalue weighted by molar-refractivity contribution is 0.628. The van der Waals surface area contributed by atoms with Gasteiger partial charge in [-0.15, -0.1) is 0 Å². The lowest BCUT2D eigenvalue weighted by atomic mass is 10.2. The van der Waals surface area contributed by atoms with E-state index < -0.39 is 5.82 Å². The number of nitrogens with zero attached hydrogens (tertiary/aromatic N) is 3. The molecular formula is C14H13Cl2FN4. The molecule has 2 heterocycles. The summed E-state index contributed by atoms with van der Waals surface area (Å²) in [6, 6.07) is 5.02. The fraction of sp³-hybridized carbons (Fsp3) is 0.286. The molecule has 7 heteroatoms. The number of benzene rings is 1. The van der Waals surface area contributed by atoms with Gasteiger partial charge in [-0.25, -0.2) is 9.37 Å². The van der Waals surface area contributed by atoms with Gasteiger partial charge in [0, 0.05) is 24.8 Å². The average Bonchev–Trinajstić information content (AvgIpc) is 2.90. The largest absolute Gasteiger partial charge is 0.369 e. The van der Waals surface area contributed by atoms with E-state index in [1.54, 1.807) is 18.3 Å². The van der Waals surface area contributed by atoms with Crippen LogP contribution in [0.25, 0.3) is 0 Å². The van der Waals surface area contributed by atoms with E-state index in [1.807, 2.05) is 0 Å². The molecule has 110 valence electrons. The molecule has 0 bridgehead atoms. The Balaban J connectivity index is 1.66. The van der Waals surface area contributed by atoms with Gasteiger partial charge in [-0.1, -0.05) is 23.2 Å². The predicted octanol–water partition coefficient (Wildman–Crippen LogP) is 3.61. The van der Waals surface area contributed by atoms with Gasteiger partial charge in [0.05, 0.1) is 17.4 Å². The van der Waals surface area contributed by atoms with Crippen molar-refractivity contribution >= 4 is 34.7 Å². The number of hydrogen-bond donors (Lipinski definition) is 1. The zero-order valence-corrected chi connectivity index (χ0v) is 12.6. The molecule has 1 aromatic heterocycles. The van der Waals surface area contributed by atoms with Crippen molar-refractivity contribution in [2.24, 2.45) is 0 Å². The third kappa shape index (κ3) is 3.36. The predicted molar refractivity (Wildman–Crippen MR) is 82.7 cm³/mol. The Hall–Kier alpha value is -1.59. The van der Waals surface area contributed by atoms with E-state index in [-0.39, 0.29) is 11.1 Å². The zero-order chi connectivity index (χ0) is 14.8. The van der Waals surface area contributed by atoms with Crippen molar-refractivity contribution in [2.75, 3.05) is 23.3 Å². The minimum Gasteiger partial charge on any atom is -0.369 e. The Bertz CT molecular complexity index is 653. The fourth-order valence-electron chi connectivity index (χ4n) is 2.42. The highest BCUT2D eigenvalue weighted by Crippen LogP contribution is 2.26.